The predicted molar refractivity (Wildman–Crippen MR) is 111 cm³/mol. The van der Waals surface area contributed by atoms with E-state index < -0.39 is 11.7 Å². The van der Waals surface area contributed by atoms with Crippen molar-refractivity contribution in [2.75, 3.05) is 38.0 Å². The van der Waals surface area contributed by atoms with Crippen molar-refractivity contribution in [2.45, 2.75) is 13.1 Å². The second-order valence-corrected chi connectivity index (χ2v) is 7.68. The van der Waals surface area contributed by atoms with Crippen LogP contribution >= 0.6 is 0 Å². The molecule has 1 aliphatic rings. The minimum Gasteiger partial charge on any atom is -0.451 e. The molecule has 3 heterocycles. The molecule has 2 amide bonds. The molecule has 11 heteroatoms. The average molecular weight is 462 g/mol. The van der Waals surface area contributed by atoms with E-state index in [0.29, 0.717) is 37.8 Å². The molecule has 0 bridgehead atoms. The van der Waals surface area contributed by atoms with E-state index in [1.807, 2.05) is 4.90 Å². The van der Waals surface area contributed by atoms with Crippen LogP contribution in [0.4, 0.5) is 19.0 Å². The van der Waals surface area contributed by atoms with Gasteiger partial charge in [0.15, 0.2) is 11.6 Å². The molecule has 0 atom stereocenters. The number of carbonyl (C=O) groups is 2. The van der Waals surface area contributed by atoms with Gasteiger partial charge >= 0.3 is 6.18 Å². The largest absolute Gasteiger partial charge is 0.451 e. The second kappa shape index (κ2) is 9.10. The Labute approximate surface area is 186 Å². The Morgan fingerprint density at radius 1 is 1.09 bits per heavy atom. The number of hydrogen-bond donors (Lipinski definition) is 1. The van der Waals surface area contributed by atoms with E-state index in [9.17, 15) is 22.8 Å². The molecule has 174 valence electrons. The lowest BCUT2D eigenvalue weighted by Gasteiger charge is -2.33. The molecule has 0 radical (unpaired) electrons. The fourth-order valence-electron chi connectivity index (χ4n) is 3.53. The summed E-state index contributed by atoms with van der Waals surface area (Å²) in [6, 6.07) is 9.30. The summed E-state index contributed by atoms with van der Waals surface area (Å²) in [6.07, 6.45) is -4.47. The van der Waals surface area contributed by atoms with Gasteiger partial charge in [0, 0.05) is 37.8 Å². The molecular formula is C22H21F3N4O4. The number of halogens is 3. The molecule has 1 fully saturated rings. The summed E-state index contributed by atoms with van der Waals surface area (Å²) < 4.78 is 49.3. The molecule has 0 spiro atoms. The molecule has 4 rings (SSSR count). The molecule has 1 aliphatic heterocycles. The molecular weight excluding hydrogens is 441 g/mol. The van der Waals surface area contributed by atoms with Crippen LogP contribution in [0.1, 0.15) is 21.9 Å². The Balaban J connectivity index is 1.32. The molecule has 8 nitrogen and oxygen atoms in total. The Bertz CT molecular complexity index is 1150. The first-order chi connectivity index (χ1) is 15.7. The van der Waals surface area contributed by atoms with Gasteiger partial charge in [0.2, 0.25) is 5.91 Å². The minimum atomic E-state index is -4.47. The lowest BCUT2D eigenvalue weighted by Crippen LogP contribution is -2.50. The van der Waals surface area contributed by atoms with Crippen LogP contribution in [-0.4, -0.2) is 59.5 Å². The monoisotopic (exact) mass is 462 g/mol. The molecule has 0 unspecified atom stereocenters. The van der Waals surface area contributed by atoms with Crippen LogP contribution in [0, 0.1) is 6.92 Å². The lowest BCUT2D eigenvalue weighted by atomic mass is 10.1. The summed E-state index contributed by atoms with van der Waals surface area (Å²) in [7, 11) is 0. The molecule has 1 saturated heterocycles. The summed E-state index contributed by atoms with van der Waals surface area (Å²) in [4.78, 5) is 28.4. The van der Waals surface area contributed by atoms with Crippen LogP contribution in [0.25, 0.3) is 11.3 Å². The van der Waals surface area contributed by atoms with Crippen LogP contribution < -0.4 is 5.32 Å². The molecule has 1 N–H and O–H groups in total. The number of benzene rings is 1. The highest BCUT2D eigenvalue weighted by molar-refractivity contribution is 5.92. The topological polar surface area (TPSA) is 91.8 Å². The molecule has 3 aromatic rings. The van der Waals surface area contributed by atoms with Crippen molar-refractivity contribution >= 4 is 17.6 Å². The van der Waals surface area contributed by atoms with Crippen molar-refractivity contribution in [3.05, 3.63) is 59.5 Å². The summed E-state index contributed by atoms with van der Waals surface area (Å²) in [6.45, 7) is 3.61. The van der Waals surface area contributed by atoms with Gasteiger partial charge in [-0.15, -0.1) is 0 Å². The SMILES string of the molecule is Cc1cc(NC(=O)CN2CCN(C(=O)c3ccc(-c4cccc(C(F)(F)F)c4)o3)CC2)no1. The van der Waals surface area contributed by atoms with Crippen LogP contribution in [0.5, 0.6) is 0 Å². The number of furan rings is 1. The minimum absolute atomic E-state index is 0.0509. The number of amides is 2. The fraction of sp³-hybridized carbons (Fsp3) is 0.318. The van der Waals surface area contributed by atoms with Gasteiger partial charge in [0.05, 0.1) is 12.1 Å². The van der Waals surface area contributed by atoms with Gasteiger partial charge in [-0.25, -0.2) is 0 Å². The molecule has 0 aliphatic carbocycles. The van der Waals surface area contributed by atoms with Crippen molar-refractivity contribution in [1.82, 2.24) is 15.0 Å². The average Bonchev–Trinajstić information content (AvgIpc) is 3.42. The van der Waals surface area contributed by atoms with Gasteiger partial charge in [-0.3, -0.25) is 14.5 Å². The Kier molecular flexibility index (Phi) is 6.23. The van der Waals surface area contributed by atoms with Gasteiger partial charge in [-0.1, -0.05) is 17.3 Å². The van der Waals surface area contributed by atoms with Crippen LogP contribution in [0.3, 0.4) is 0 Å². The van der Waals surface area contributed by atoms with E-state index in [1.165, 1.54) is 24.3 Å². The van der Waals surface area contributed by atoms with E-state index in [0.717, 1.165) is 12.1 Å². The van der Waals surface area contributed by atoms with Gasteiger partial charge in [0.1, 0.15) is 11.5 Å². The number of anilines is 1. The first-order valence-electron chi connectivity index (χ1n) is 10.2. The number of aryl methyl sites for hydroxylation is 1. The first kappa shape index (κ1) is 22.6. The number of rotatable bonds is 5. The van der Waals surface area contributed by atoms with Crippen LogP contribution in [0.2, 0.25) is 0 Å². The first-order valence-corrected chi connectivity index (χ1v) is 10.2. The summed E-state index contributed by atoms with van der Waals surface area (Å²) in [5.41, 5.74) is -0.551. The molecule has 33 heavy (non-hydrogen) atoms. The van der Waals surface area contributed by atoms with Gasteiger partial charge in [-0.05, 0) is 31.2 Å². The zero-order valence-electron chi connectivity index (χ0n) is 17.7. The Hall–Kier alpha value is -3.60. The standard InChI is InChI=1S/C22H21F3N4O4/c1-14-11-19(27-33-14)26-20(30)13-28-7-9-29(10-8-28)21(31)18-6-5-17(32-18)15-3-2-4-16(12-15)22(23,24)25/h2-6,11-12H,7-10,13H2,1H3,(H,26,27,30). The van der Waals surface area contributed by atoms with E-state index in [-0.39, 0.29) is 35.4 Å². The number of carbonyl (C=O) groups excluding carboxylic acids is 2. The third-order valence-electron chi connectivity index (χ3n) is 5.21. The van der Waals surface area contributed by atoms with E-state index in [1.54, 1.807) is 17.9 Å². The normalized spacial score (nSPS) is 15.0. The number of nitrogens with zero attached hydrogens (tertiary/aromatic N) is 3. The highest BCUT2D eigenvalue weighted by Crippen LogP contribution is 2.32. The zero-order valence-corrected chi connectivity index (χ0v) is 17.7. The second-order valence-electron chi connectivity index (χ2n) is 7.68. The van der Waals surface area contributed by atoms with Gasteiger partial charge in [-0.2, -0.15) is 13.2 Å². The van der Waals surface area contributed by atoms with Gasteiger partial charge < -0.3 is 19.2 Å². The number of hydrogen-bond acceptors (Lipinski definition) is 6. The zero-order chi connectivity index (χ0) is 23.6. The van der Waals surface area contributed by atoms with E-state index >= 15 is 0 Å². The predicted octanol–water partition coefficient (Wildman–Crippen LogP) is 3.66. The molecule has 1 aromatic carbocycles. The fourth-order valence-corrected chi connectivity index (χ4v) is 3.53. The maximum atomic E-state index is 13.0. The highest BCUT2D eigenvalue weighted by atomic mass is 19.4. The lowest BCUT2D eigenvalue weighted by molar-refractivity contribution is -0.137. The van der Waals surface area contributed by atoms with Crippen molar-refractivity contribution in [3.63, 3.8) is 0 Å². The third kappa shape index (κ3) is 5.43. The smallest absolute Gasteiger partial charge is 0.416 e. The maximum absolute atomic E-state index is 13.0. The van der Waals surface area contributed by atoms with Gasteiger partial charge in [0.25, 0.3) is 5.91 Å². The quantitative estimate of drug-likeness (QED) is 0.622. The summed E-state index contributed by atoms with van der Waals surface area (Å²) in [5.74, 6) is 0.584. The Morgan fingerprint density at radius 2 is 1.85 bits per heavy atom. The third-order valence-corrected chi connectivity index (χ3v) is 5.21. The summed E-state index contributed by atoms with van der Waals surface area (Å²) in [5, 5.41) is 6.36. The van der Waals surface area contributed by atoms with Crippen molar-refractivity contribution in [3.8, 4) is 11.3 Å². The van der Waals surface area contributed by atoms with E-state index in [2.05, 4.69) is 10.5 Å². The van der Waals surface area contributed by atoms with Crippen molar-refractivity contribution in [2.24, 2.45) is 0 Å². The van der Waals surface area contributed by atoms with E-state index in [4.69, 9.17) is 8.94 Å². The highest BCUT2D eigenvalue weighted by Gasteiger charge is 2.31. The number of piperazine rings is 1. The maximum Gasteiger partial charge on any atom is 0.416 e. The number of alkyl halides is 3. The number of nitrogens with one attached hydrogen (secondary N) is 1. The summed E-state index contributed by atoms with van der Waals surface area (Å²) >= 11 is 0. The van der Waals surface area contributed by atoms with Crippen molar-refractivity contribution < 1.29 is 31.7 Å². The molecule has 2 aromatic heterocycles. The molecule has 0 saturated carbocycles. The van der Waals surface area contributed by atoms with Crippen molar-refractivity contribution in [1.29, 1.82) is 0 Å². The number of aromatic nitrogens is 1. The van der Waals surface area contributed by atoms with Crippen LogP contribution in [0.15, 0.2) is 51.4 Å². The Morgan fingerprint density at radius 3 is 2.52 bits per heavy atom. The van der Waals surface area contributed by atoms with Crippen LogP contribution in [-0.2, 0) is 11.0 Å².